The van der Waals surface area contributed by atoms with Gasteiger partial charge in [-0.15, -0.1) is 11.3 Å². The zero-order chi connectivity index (χ0) is 17.9. The van der Waals surface area contributed by atoms with E-state index in [9.17, 15) is 4.79 Å². The molecular formula is C19H21N5OS. The number of carbonyl (C=O) groups is 1. The zero-order valence-electron chi connectivity index (χ0n) is 14.6. The second kappa shape index (κ2) is 7.39. The number of hydrogen-bond acceptors (Lipinski definition) is 5. The van der Waals surface area contributed by atoms with Crippen LogP contribution in [-0.4, -0.2) is 51.2 Å². The normalized spacial score (nSPS) is 16.7. The SMILES string of the molecule is CCN(C(=O)c1csc(-c2cnn(-c3ccccc3)c2)n1)[C@H]1CCNC1. The zero-order valence-corrected chi connectivity index (χ0v) is 15.4. The fourth-order valence-electron chi connectivity index (χ4n) is 3.28. The number of benzene rings is 1. The molecule has 26 heavy (non-hydrogen) atoms. The molecule has 7 heteroatoms. The molecule has 0 saturated carbocycles. The summed E-state index contributed by atoms with van der Waals surface area (Å²) in [6.45, 7) is 4.55. The van der Waals surface area contributed by atoms with Crippen LogP contribution in [0.3, 0.4) is 0 Å². The lowest BCUT2D eigenvalue weighted by molar-refractivity contribution is 0.0698. The number of amides is 1. The number of carbonyl (C=O) groups excluding carboxylic acids is 1. The van der Waals surface area contributed by atoms with Crippen LogP contribution in [-0.2, 0) is 0 Å². The summed E-state index contributed by atoms with van der Waals surface area (Å²) in [4.78, 5) is 19.4. The van der Waals surface area contributed by atoms with Gasteiger partial charge in [-0.25, -0.2) is 9.67 Å². The molecule has 3 heterocycles. The first-order valence-electron chi connectivity index (χ1n) is 8.84. The number of hydrogen-bond donors (Lipinski definition) is 1. The summed E-state index contributed by atoms with van der Waals surface area (Å²) in [7, 11) is 0. The highest BCUT2D eigenvalue weighted by Gasteiger charge is 2.27. The average Bonchev–Trinajstić information content (AvgIpc) is 3.43. The van der Waals surface area contributed by atoms with E-state index >= 15 is 0 Å². The van der Waals surface area contributed by atoms with Gasteiger partial charge in [0.05, 0.1) is 11.9 Å². The molecule has 1 amide bonds. The molecule has 1 aliphatic rings. The summed E-state index contributed by atoms with van der Waals surface area (Å²) in [6.07, 6.45) is 4.74. The molecular weight excluding hydrogens is 346 g/mol. The number of likely N-dealkylation sites (N-methyl/N-ethyl adjacent to an activating group) is 1. The summed E-state index contributed by atoms with van der Waals surface area (Å²) < 4.78 is 1.82. The smallest absolute Gasteiger partial charge is 0.273 e. The molecule has 0 spiro atoms. The minimum absolute atomic E-state index is 0.0131. The van der Waals surface area contributed by atoms with E-state index in [1.807, 2.05) is 58.4 Å². The van der Waals surface area contributed by atoms with Crippen molar-refractivity contribution in [2.24, 2.45) is 0 Å². The van der Waals surface area contributed by atoms with E-state index < -0.39 is 0 Å². The summed E-state index contributed by atoms with van der Waals surface area (Å²) in [5.74, 6) is 0.0131. The third-order valence-electron chi connectivity index (χ3n) is 4.65. The minimum atomic E-state index is 0.0131. The second-order valence-corrected chi connectivity index (χ2v) is 7.14. The van der Waals surface area contributed by atoms with E-state index in [0.717, 1.165) is 35.8 Å². The molecule has 0 aliphatic carbocycles. The van der Waals surface area contributed by atoms with Crippen molar-refractivity contribution >= 4 is 17.2 Å². The van der Waals surface area contributed by atoms with Gasteiger partial charge < -0.3 is 10.2 Å². The molecule has 0 radical (unpaired) electrons. The Balaban J connectivity index is 1.54. The van der Waals surface area contributed by atoms with Gasteiger partial charge in [0.2, 0.25) is 0 Å². The van der Waals surface area contributed by atoms with E-state index in [1.165, 1.54) is 11.3 Å². The molecule has 134 valence electrons. The highest BCUT2D eigenvalue weighted by Crippen LogP contribution is 2.25. The van der Waals surface area contributed by atoms with Gasteiger partial charge in [-0.05, 0) is 32.0 Å². The predicted octanol–water partition coefficient (Wildman–Crippen LogP) is 2.82. The Morgan fingerprint density at radius 3 is 2.96 bits per heavy atom. The van der Waals surface area contributed by atoms with Crippen LogP contribution < -0.4 is 5.32 Å². The van der Waals surface area contributed by atoms with Gasteiger partial charge >= 0.3 is 0 Å². The summed E-state index contributed by atoms with van der Waals surface area (Å²) in [5.41, 5.74) is 2.44. The second-order valence-electron chi connectivity index (χ2n) is 6.28. The lowest BCUT2D eigenvalue weighted by Crippen LogP contribution is -2.41. The number of aromatic nitrogens is 3. The van der Waals surface area contributed by atoms with Crippen LogP contribution in [0.25, 0.3) is 16.3 Å². The standard InChI is InChI=1S/C19H21N5OS/c1-2-23(16-8-9-20-11-16)19(25)17-13-26-18(22-17)14-10-21-24(12-14)15-6-4-3-5-7-15/h3-7,10,12-13,16,20H,2,8-9,11H2,1H3/t16-/m0/s1. The van der Waals surface area contributed by atoms with Crippen LogP contribution in [0.1, 0.15) is 23.8 Å². The van der Waals surface area contributed by atoms with Crippen molar-refractivity contribution in [3.8, 4) is 16.3 Å². The quantitative estimate of drug-likeness (QED) is 0.753. The molecule has 1 aromatic carbocycles. The number of nitrogens with zero attached hydrogens (tertiary/aromatic N) is 4. The molecule has 1 atom stereocenters. The molecule has 0 bridgehead atoms. The molecule has 3 aromatic rings. The van der Waals surface area contributed by atoms with E-state index in [4.69, 9.17) is 0 Å². The van der Waals surface area contributed by atoms with Gasteiger partial charge in [-0.1, -0.05) is 18.2 Å². The Hall–Kier alpha value is -2.51. The molecule has 6 nitrogen and oxygen atoms in total. The van der Waals surface area contributed by atoms with Crippen LogP contribution in [0.4, 0.5) is 0 Å². The van der Waals surface area contributed by atoms with Crippen molar-refractivity contribution in [1.82, 2.24) is 25.0 Å². The van der Waals surface area contributed by atoms with E-state index in [-0.39, 0.29) is 11.9 Å². The third-order valence-corrected chi connectivity index (χ3v) is 5.54. The van der Waals surface area contributed by atoms with Crippen molar-refractivity contribution in [1.29, 1.82) is 0 Å². The number of nitrogens with one attached hydrogen (secondary N) is 1. The Labute approximate surface area is 156 Å². The predicted molar refractivity (Wildman–Crippen MR) is 103 cm³/mol. The Morgan fingerprint density at radius 2 is 2.23 bits per heavy atom. The van der Waals surface area contributed by atoms with Gasteiger partial charge in [0.15, 0.2) is 0 Å². The van der Waals surface area contributed by atoms with Crippen LogP contribution in [0.2, 0.25) is 0 Å². The average molecular weight is 367 g/mol. The highest BCUT2D eigenvalue weighted by atomic mass is 32.1. The lowest BCUT2D eigenvalue weighted by Gasteiger charge is -2.26. The highest BCUT2D eigenvalue weighted by molar-refractivity contribution is 7.13. The fourth-order valence-corrected chi connectivity index (χ4v) is 4.05. The summed E-state index contributed by atoms with van der Waals surface area (Å²) in [5, 5.41) is 10.4. The Kier molecular flexibility index (Phi) is 4.81. The van der Waals surface area contributed by atoms with Gasteiger partial charge in [0.25, 0.3) is 5.91 Å². The first kappa shape index (κ1) is 16.9. The van der Waals surface area contributed by atoms with Crippen LogP contribution in [0.5, 0.6) is 0 Å². The van der Waals surface area contributed by atoms with E-state index in [1.54, 1.807) is 6.20 Å². The maximum absolute atomic E-state index is 12.9. The lowest BCUT2D eigenvalue weighted by atomic mass is 10.2. The molecule has 1 aliphatic heterocycles. The fraction of sp³-hybridized carbons (Fsp3) is 0.316. The van der Waals surface area contributed by atoms with Crippen molar-refractivity contribution in [3.63, 3.8) is 0 Å². The molecule has 4 rings (SSSR count). The van der Waals surface area contributed by atoms with Crippen LogP contribution in [0.15, 0.2) is 48.1 Å². The van der Waals surface area contributed by atoms with Crippen molar-refractivity contribution in [3.05, 3.63) is 53.8 Å². The first-order chi connectivity index (χ1) is 12.8. The van der Waals surface area contributed by atoms with Crippen molar-refractivity contribution in [2.45, 2.75) is 19.4 Å². The summed E-state index contributed by atoms with van der Waals surface area (Å²) in [6, 6.07) is 10.2. The monoisotopic (exact) mass is 367 g/mol. The minimum Gasteiger partial charge on any atom is -0.333 e. The molecule has 1 fully saturated rings. The number of para-hydroxylation sites is 1. The number of rotatable bonds is 5. The van der Waals surface area contributed by atoms with Crippen molar-refractivity contribution < 1.29 is 4.79 Å². The van der Waals surface area contributed by atoms with Crippen LogP contribution >= 0.6 is 11.3 Å². The third kappa shape index (κ3) is 3.27. The van der Waals surface area contributed by atoms with E-state index in [0.29, 0.717) is 12.2 Å². The molecule has 2 aromatic heterocycles. The largest absolute Gasteiger partial charge is 0.333 e. The topological polar surface area (TPSA) is 63.1 Å². The maximum atomic E-state index is 12.9. The summed E-state index contributed by atoms with van der Waals surface area (Å²) >= 11 is 1.48. The molecule has 1 N–H and O–H groups in total. The Bertz CT molecular complexity index is 882. The number of thiazole rings is 1. The molecule has 1 saturated heterocycles. The van der Waals surface area contributed by atoms with Crippen LogP contribution in [0, 0.1) is 0 Å². The molecule has 0 unspecified atom stereocenters. The van der Waals surface area contributed by atoms with E-state index in [2.05, 4.69) is 15.4 Å². The van der Waals surface area contributed by atoms with Crippen molar-refractivity contribution in [2.75, 3.05) is 19.6 Å². The van der Waals surface area contributed by atoms with Gasteiger partial charge in [0, 0.05) is 36.3 Å². The van der Waals surface area contributed by atoms with Gasteiger partial charge in [-0.3, -0.25) is 4.79 Å². The van der Waals surface area contributed by atoms with Gasteiger partial charge in [-0.2, -0.15) is 5.10 Å². The first-order valence-corrected chi connectivity index (χ1v) is 9.72. The maximum Gasteiger partial charge on any atom is 0.273 e. The van der Waals surface area contributed by atoms with Gasteiger partial charge in [0.1, 0.15) is 10.7 Å². The Morgan fingerprint density at radius 1 is 1.38 bits per heavy atom.